The molecular formula is C27H31N3O5. The van der Waals surface area contributed by atoms with Gasteiger partial charge < -0.3 is 34.9 Å². The average Bonchev–Trinajstić information content (AvgIpc) is 2.91. The highest BCUT2D eigenvalue weighted by Gasteiger charge is 2.19. The van der Waals surface area contributed by atoms with Crippen LogP contribution in [0.3, 0.4) is 0 Å². The van der Waals surface area contributed by atoms with Gasteiger partial charge in [-0.2, -0.15) is 0 Å². The van der Waals surface area contributed by atoms with Crippen molar-refractivity contribution in [3.8, 4) is 17.2 Å². The molecular weight excluding hydrogens is 446 g/mol. The topological polar surface area (TPSA) is 92.3 Å². The van der Waals surface area contributed by atoms with Crippen molar-refractivity contribution in [3.05, 3.63) is 77.4 Å². The minimum Gasteiger partial charge on any atom is -0.504 e. The summed E-state index contributed by atoms with van der Waals surface area (Å²) < 4.78 is 15.8. The average molecular weight is 478 g/mol. The van der Waals surface area contributed by atoms with Gasteiger partial charge in [0.2, 0.25) is 0 Å². The number of amides is 1. The standard InChI is InChI=1S/C27H31N3O5/c1-33-22-7-3-19(4-8-22)17-28-21-6-9-24(30-11-13-35-14-12-30)23(16-21)27(32)29-18-20-5-10-26(34-2)25(31)15-20/h3-10,15-16,28,31H,11-14,17-18H2,1-2H3,(H,29,32). The SMILES string of the molecule is COc1ccc(CNc2ccc(N3CCOCC3)c(C(=O)NCc3ccc(OC)c(O)c3)c2)cc1. The van der Waals surface area contributed by atoms with Crippen LogP contribution in [0.4, 0.5) is 11.4 Å². The minimum absolute atomic E-state index is 0.0398. The first-order valence-corrected chi connectivity index (χ1v) is 11.5. The maximum absolute atomic E-state index is 13.3. The number of hydrogen-bond acceptors (Lipinski definition) is 7. The van der Waals surface area contributed by atoms with Crippen LogP contribution in [-0.2, 0) is 17.8 Å². The number of nitrogens with one attached hydrogen (secondary N) is 2. The van der Waals surface area contributed by atoms with E-state index in [0.717, 1.165) is 41.3 Å². The summed E-state index contributed by atoms with van der Waals surface area (Å²) in [5, 5.41) is 16.4. The summed E-state index contributed by atoms with van der Waals surface area (Å²) >= 11 is 0. The van der Waals surface area contributed by atoms with Crippen molar-refractivity contribution < 1.29 is 24.1 Å². The molecule has 1 heterocycles. The van der Waals surface area contributed by atoms with Crippen LogP contribution in [0, 0.1) is 0 Å². The van der Waals surface area contributed by atoms with Gasteiger partial charge in [-0.15, -0.1) is 0 Å². The second-order valence-electron chi connectivity index (χ2n) is 8.22. The molecule has 0 bridgehead atoms. The predicted molar refractivity (Wildman–Crippen MR) is 136 cm³/mol. The molecule has 3 aromatic carbocycles. The maximum Gasteiger partial charge on any atom is 0.253 e. The number of hydrogen-bond donors (Lipinski definition) is 3. The fourth-order valence-electron chi connectivity index (χ4n) is 3.98. The Morgan fingerprint density at radius 2 is 1.69 bits per heavy atom. The Balaban J connectivity index is 1.50. The molecule has 1 fully saturated rings. The third-order valence-corrected chi connectivity index (χ3v) is 5.94. The molecule has 35 heavy (non-hydrogen) atoms. The number of ether oxygens (including phenoxy) is 3. The molecule has 0 spiro atoms. The number of phenolic OH excluding ortho intramolecular Hbond substituents is 1. The predicted octanol–water partition coefficient (Wildman–Crippen LogP) is 3.79. The van der Waals surface area contributed by atoms with Crippen molar-refractivity contribution in [3.63, 3.8) is 0 Å². The molecule has 1 aliphatic rings. The molecule has 184 valence electrons. The summed E-state index contributed by atoms with van der Waals surface area (Å²) in [6.07, 6.45) is 0. The molecule has 3 N–H and O–H groups in total. The van der Waals surface area contributed by atoms with Crippen molar-refractivity contribution in [2.24, 2.45) is 0 Å². The van der Waals surface area contributed by atoms with Crippen LogP contribution in [0.15, 0.2) is 60.7 Å². The maximum atomic E-state index is 13.3. The smallest absolute Gasteiger partial charge is 0.253 e. The van der Waals surface area contributed by atoms with E-state index in [9.17, 15) is 9.90 Å². The van der Waals surface area contributed by atoms with E-state index < -0.39 is 0 Å². The van der Waals surface area contributed by atoms with Crippen LogP contribution in [-0.4, -0.2) is 51.5 Å². The zero-order valence-electron chi connectivity index (χ0n) is 20.0. The molecule has 0 saturated carbocycles. The molecule has 8 heteroatoms. The van der Waals surface area contributed by atoms with Gasteiger partial charge in [-0.1, -0.05) is 18.2 Å². The zero-order valence-corrected chi connectivity index (χ0v) is 20.0. The number of phenols is 1. The van der Waals surface area contributed by atoms with Crippen LogP contribution < -0.4 is 25.0 Å². The molecule has 0 atom stereocenters. The fourth-order valence-corrected chi connectivity index (χ4v) is 3.98. The quantitative estimate of drug-likeness (QED) is 0.432. The zero-order chi connectivity index (χ0) is 24.6. The van der Waals surface area contributed by atoms with E-state index in [0.29, 0.717) is 31.1 Å². The number of nitrogens with zero attached hydrogens (tertiary/aromatic N) is 1. The van der Waals surface area contributed by atoms with Crippen LogP contribution >= 0.6 is 0 Å². The van der Waals surface area contributed by atoms with E-state index in [1.165, 1.54) is 7.11 Å². The highest BCUT2D eigenvalue weighted by molar-refractivity contribution is 6.00. The van der Waals surface area contributed by atoms with Crippen molar-refractivity contribution >= 4 is 17.3 Å². The Labute approximate surface area is 205 Å². The van der Waals surface area contributed by atoms with Crippen molar-refractivity contribution in [2.45, 2.75) is 13.1 Å². The molecule has 8 nitrogen and oxygen atoms in total. The van der Waals surface area contributed by atoms with Crippen LogP contribution in [0.2, 0.25) is 0 Å². The molecule has 0 aliphatic carbocycles. The summed E-state index contributed by atoms with van der Waals surface area (Å²) in [6, 6.07) is 18.8. The van der Waals surface area contributed by atoms with Crippen LogP contribution in [0.25, 0.3) is 0 Å². The molecule has 3 aromatic rings. The Morgan fingerprint density at radius 3 is 2.37 bits per heavy atom. The lowest BCUT2D eigenvalue weighted by molar-refractivity contribution is 0.0949. The summed E-state index contributed by atoms with van der Waals surface area (Å²) in [5.41, 5.74) is 4.19. The Morgan fingerprint density at radius 1 is 0.943 bits per heavy atom. The molecule has 1 amide bonds. The van der Waals surface area contributed by atoms with E-state index in [1.807, 2.05) is 48.5 Å². The van der Waals surface area contributed by atoms with Crippen LogP contribution in [0.1, 0.15) is 21.5 Å². The molecule has 1 aliphatic heterocycles. The second kappa shape index (κ2) is 11.5. The molecule has 4 rings (SSSR count). The van der Waals surface area contributed by atoms with Gasteiger partial charge in [0.05, 0.1) is 33.0 Å². The number of anilines is 2. The summed E-state index contributed by atoms with van der Waals surface area (Å²) in [4.78, 5) is 15.5. The number of carbonyl (C=O) groups is 1. The van der Waals surface area contributed by atoms with E-state index in [1.54, 1.807) is 19.2 Å². The van der Waals surface area contributed by atoms with Gasteiger partial charge in [-0.3, -0.25) is 4.79 Å². The monoisotopic (exact) mass is 477 g/mol. The Kier molecular flexibility index (Phi) is 7.95. The number of morpholine rings is 1. The fraction of sp³-hybridized carbons (Fsp3) is 0.296. The normalized spacial score (nSPS) is 13.3. The second-order valence-corrected chi connectivity index (χ2v) is 8.22. The molecule has 1 saturated heterocycles. The molecule has 0 radical (unpaired) electrons. The first-order chi connectivity index (χ1) is 17.1. The number of carbonyl (C=O) groups excluding carboxylic acids is 1. The van der Waals surface area contributed by atoms with E-state index in [2.05, 4.69) is 15.5 Å². The van der Waals surface area contributed by atoms with E-state index >= 15 is 0 Å². The number of aromatic hydroxyl groups is 1. The number of methoxy groups -OCH3 is 2. The Hall–Kier alpha value is -3.91. The molecule has 0 unspecified atom stereocenters. The lowest BCUT2D eigenvalue weighted by Gasteiger charge is -2.30. The minimum atomic E-state index is -0.185. The first-order valence-electron chi connectivity index (χ1n) is 11.5. The number of benzene rings is 3. The summed E-state index contributed by atoms with van der Waals surface area (Å²) in [7, 11) is 3.15. The Bertz CT molecular complexity index is 1140. The number of rotatable bonds is 9. The lowest BCUT2D eigenvalue weighted by Crippen LogP contribution is -2.38. The van der Waals surface area contributed by atoms with Crippen LogP contribution in [0.5, 0.6) is 17.2 Å². The van der Waals surface area contributed by atoms with Gasteiger partial charge in [0.1, 0.15) is 5.75 Å². The van der Waals surface area contributed by atoms with Gasteiger partial charge >= 0.3 is 0 Å². The van der Waals surface area contributed by atoms with Gasteiger partial charge in [-0.25, -0.2) is 0 Å². The van der Waals surface area contributed by atoms with Gasteiger partial charge in [-0.05, 0) is 53.6 Å². The van der Waals surface area contributed by atoms with Gasteiger partial charge in [0, 0.05) is 37.6 Å². The summed E-state index contributed by atoms with van der Waals surface area (Å²) in [5.74, 6) is 1.06. The van der Waals surface area contributed by atoms with Gasteiger partial charge in [0.15, 0.2) is 11.5 Å². The highest BCUT2D eigenvalue weighted by atomic mass is 16.5. The third kappa shape index (κ3) is 6.16. The van der Waals surface area contributed by atoms with E-state index in [-0.39, 0.29) is 18.2 Å². The first kappa shape index (κ1) is 24.2. The van der Waals surface area contributed by atoms with Crippen molar-refractivity contribution in [2.75, 3.05) is 50.7 Å². The van der Waals surface area contributed by atoms with Crippen molar-refractivity contribution in [1.82, 2.24) is 5.32 Å². The van der Waals surface area contributed by atoms with Gasteiger partial charge in [0.25, 0.3) is 5.91 Å². The summed E-state index contributed by atoms with van der Waals surface area (Å²) in [6.45, 7) is 3.61. The lowest BCUT2D eigenvalue weighted by atomic mass is 10.1. The third-order valence-electron chi connectivity index (χ3n) is 5.94. The van der Waals surface area contributed by atoms with Crippen molar-refractivity contribution in [1.29, 1.82) is 0 Å². The van der Waals surface area contributed by atoms with E-state index in [4.69, 9.17) is 14.2 Å². The highest BCUT2D eigenvalue weighted by Crippen LogP contribution is 2.28. The largest absolute Gasteiger partial charge is 0.504 e. The molecule has 0 aromatic heterocycles.